The predicted molar refractivity (Wildman–Crippen MR) is 89.9 cm³/mol. The van der Waals surface area contributed by atoms with Crippen LogP contribution in [0.1, 0.15) is 12.5 Å². The molecule has 2 aromatic rings. The third-order valence-corrected chi connectivity index (χ3v) is 6.06. The van der Waals surface area contributed by atoms with Crippen LogP contribution >= 0.6 is 11.8 Å². The van der Waals surface area contributed by atoms with E-state index in [-0.39, 0.29) is 17.1 Å². The van der Waals surface area contributed by atoms with Gasteiger partial charge in [-0.15, -0.1) is 11.8 Å². The minimum absolute atomic E-state index is 0.0127. The fourth-order valence-corrected chi connectivity index (χ4v) is 4.08. The van der Waals surface area contributed by atoms with Crippen LogP contribution in [0, 0.1) is 0 Å². The van der Waals surface area contributed by atoms with Gasteiger partial charge in [0, 0.05) is 11.4 Å². The zero-order valence-electron chi connectivity index (χ0n) is 13.0. The summed E-state index contributed by atoms with van der Waals surface area (Å²) in [6, 6.07) is 10.6. The van der Waals surface area contributed by atoms with Crippen LogP contribution in [-0.4, -0.2) is 21.2 Å². The Balaban J connectivity index is 2.46. The van der Waals surface area contributed by atoms with Crippen LogP contribution in [0.15, 0.2) is 58.3 Å². The Hall–Kier alpha value is -1.67. The minimum Gasteiger partial charge on any atom is -0.267 e. The summed E-state index contributed by atoms with van der Waals surface area (Å²) in [5.74, 6) is 0. The lowest BCUT2D eigenvalue weighted by Gasteiger charge is -2.24. The van der Waals surface area contributed by atoms with Crippen LogP contribution in [0.2, 0.25) is 0 Å². The first-order valence-corrected chi connectivity index (χ1v) is 9.70. The second-order valence-electron chi connectivity index (χ2n) is 4.89. The molecule has 0 amide bonds. The average molecular weight is 375 g/mol. The minimum atomic E-state index is -4.53. The number of hydrogen-bond donors (Lipinski definition) is 0. The Labute approximate surface area is 143 Å². The highest BCUT2D eigenvalue weighted by molar-refractivity contribution is 7.98. The second kappa shape index (κ2) is 7.06. The molecule has 0 aliphatic rings. The Morgan fingerprint density at radius 2 is 1.71 bits per heavy atom. The second-order valence-corrected chi connectivity index (χ2v) is 7.64. The first-order valence-electron chi connectivity index (χ1n) is 7.04. The van der Waals surface area contributed by atoms with E-state index in [4.69, 9.17) is 0 Å². The molecule has 130 valence electrons. The van der Waals surface area contributed by atoms with Gasteiger partial charge in [-0.05, 0) is 55.6 Å². The molecule has 0 aliphatic carbocycles. The molecule has 0 saturated heterocycles. The maximum Gasteiger partial charge on any atom is 0.416 e. The summed E-state index contributed by atoms with van der Waals surface area (Å²) in [6.45, 7) is 1.60. The Morgan fingerprint density at radius 1 is 1.08 bits per heavy atom. The van der Waals surface area contributed by atoms with Gasteiger partial charge in [-0.1, -0.05) is 6.07 Å². The van der Waals surface area contributed by atoms with Crippen molar-refractivity contribution < 1.29 is 21.6 Å². The van der Waals surface area contributed by atoms with Crippen molar-refractivity contribution in [2.24, 2.45) is 0 Å². The van der Waals surface area contributed by atoms with Crippen LogP contribution < -0.4 is 4.31 Å². The van der Waals surface area contributed by atoms with Crippen molar-refractivity contribution in [2.45, 2.75) is 22.9 Å². The molecule has 2 rings (SSSR count). The molecule has 0 N–H and O–H groups in total. The first-order chi connectivity index (χ1) is 11.2. The molecule has 0 saturated carbocycles. The highest BCUT2D eigenvalue weighted by Crippen LogP contribution is 2.33. The molecule has 8 heteroatoms. The molecule has 0 heterocycles. The molecule has 0 spiro atoms. The molecule has 0 bridgehead atoms. The molecule has 2 aromatic carbocycles. The van der Waals surface area contributed by atoms with Crippen molar-refractivity contribution in [3.05, 3.63) is 54.1 Å². The SMILES string of the molecule is CCN(c1cccc(C(F)(F)F)c1)S(=O)(=O)c1ccc(SC)cc1. The summed E-state index contributed by atoms with van der Waals surface area (Å²) in [6.07, 6.45) is -2.66. The van der Waals surface area contributed by atoms with Crippen molar-refractivity contribution in [1.29, 1.82) is 0 Å². The molecule has 24 heavy (non-hydrogen) atoms. The van der Waals surface area contributed by atoms with E-state index in [0.717, 1.165) is 21.3 Å². The molecule has 0 unspecified atom stereocenters. The number of alkyl halides is 3. The van der Waals surface area contributed by atoms with E-state index >= 15 is 0 Å². The monoisotopic (exact) mass is 375 g/mol. The third-order valence-electron chi connectivity index (χ3n) is 3.40. The van der Waals surface area contributed by atoms with Gasteiger partial charge < -0.3 is 0 Å². The van der Waals surface area contributed by atoms with Gasteiger partial charge in [0.1, 0.15) is 0 Å². The van der Waals surface area contributed by atoms with Crippen molar-refractivity contribution >= 4 is 27.5 Å². The lowest BCUT2D eigenvalue weighted by Crippen LogP contribution is -2.31. The standard InChI is InChI=1S/C16H16F3NO2S2/c1-3-20(13-6-4-5-12(11-13)16(17,18)19)24(21,22)15-9-7-14(23-2)8-10-15/h4-11H,3H2,1-2H3. The van der Waals surface area contributed by atoms with E-state index in [1.54, 1.807) is 19.1 Å². The normalized spacial score (nSPS) is 12.2. The van der Waals surface area contributed by atoms with Gasteiger partial charge in [0.05, 0.1) is 16.1 Å². The number of benzene rings is 2. The number of hydrogen-bond acceptors (Lipinski definition) is 3. The molecule has 0 radical (unpaired) electrons. The smallest absolute Gasteiger partial charge is 0.267 e. The van der Waals surface area contributed by atoms with Crippen LogP contribution in [-0.2, 0) is 16.2 Å². The van der Waals surface area contributed by atoms with E-state index < -0.39 is 21.8 Å². The molecule has 0 fully saturated rings. The van der Waals surface area contributed by atoms with Gasteiger partial charge in [0.15, 0.2) is 0 Å². The number of rotatable bonds is 5. The highest BCUT2D eigenvalue weighted by atomic mass is 32.2. The summed E-state index contributed by atoms with van der Waals surface area (Å²) in [5, 5.41) is 0. The van der Waals surface area contributed by atoms with Gasteiger partial charge in [-0.3, -0.25) is 4.31 Å². The molecule has 0 aromatic heterocycles. The lowest BCUT2D eigenvalue weighted by molar-refractivity contribution is -0.137. The maximum atomic E-state index is 12.9. The van der Waals surface area contributed by atoms with E-state index in [0.29, 0.717) is 0 Å². The number of thioether (sulfide) groups is 1. The quantitative estimate of drug-likeness (QED) is 0.715. The number of sulfonamides is 1. The van der Waals surface area contributed by atoms with Crippen LogP contribution in [0.5, 0.6) is 0 Å². The number of anilines is 1. The fraction of sp³-hybridized carbons (Fsp3) is 0.250. The topological polar surface area (TPSA) is 37.4 Å². The van der Waals surface area contributed by atoms with Gasteiger partial charge >= 0.3 is 6.18 Å². The van der Waals surface area contributed by atoms with E-state index in [1.807, 2.05) is 6.26 Å². The van der Waals surface area contributed by atoms with Gasteiger partial charge in [-0.2, -0.15) is 13.2 Å². The van der Waals surface area contributed by atoms with Crippen LogP contribution in [0.4, 0.5) is 18.9 Å². The van der Waals surface area contributed by atoms with E-state index in [1.165, 1.54) is 36.0 Å². The van der Waals surface area contributed by atoms with Crippen LogP contribution in [0.25, 0.3) is 0 Å². The molecule has 0 aliphatic heterocycles. The Kier molecular flexibility index (Phi) is 5.49. The number of nitrogens with zero attached hydrogens (tertiary/aromatic N) is 1. The summed E-state index contributed by atoms with van der Waals surface area (Å²) in [4.78, 5) is 0.940. The van der Waals surface area contributed by atoms with E-state index in [2.05, 4.69) is 0 Å². The van der Waals surface area contributed by atoms with Crippen molar-refractivity contribution in [1.82, 2.24) is 0 Å². The highest BCUT2D eigenvalue weighted by Gasteiger charge is 2.32. The van der Waals surface area contributed by atoms with Gasteiger partial charge in [-0.25, -0.2) is 8.42 Å². The summed E-state index contributed by atoms with van der Waals surface area (Å²) >= 11 is 1.47. The summed E-state index contributed by atoms with van der Waals surface area (Å²) < 4.78 is 65.1. The van der Waals surface area contributed by atoms with Crippen LogP contribution in [0.3, 0.4) is 0 Å². The number of halogens is 3. The third kappa shape index (κ3) is 3.87. The molecule has 0 atom stereocenters. The van der Waals surface area contributed by atoms with Gasteiger partial charge in [0.25, 0.3) is 10.0 Å². The zero-order valence-corrected chi connectivity index (χ0v) is 14.7. The van der Waals surface area contributed by atoms with Crippen molar-refractivity contribution in [3.63, 3.8) is 0 Å². The molecular formula is C16H16F3NO2S2. The van der Waals surface area contributed by atoms with Crippen molar-refractivity contribution in [3.8, 4) is 0 Å². The fourth-order valence-electron chi connectivity index (χ4n) is 2.20. The summed E-state index contributed by atoms with van der Waals surface area (Å²) in [7, 11) is -3.93. The zero-order chi connectivity index (χ0) is 18.0. The molecule has 3 nitrogen and oxygen atoms in total. The van der Waals surface area contributed by atoms with Crippen molar-refractivity contribution in [2.75, 3.05) is 17.1 Å². The molecular weight excluding hydrogens is 359 g/mol. The first kappa shape index (κ1) is 18.7. The largest absolute Gasteiger partial charge is 0.416 e. The lowest BCUT2D eigenvalue weighted by atomic mass is 10.2. The van der Waals surface area contributed by atoms with Gasteiger partial charge in [0.2, 0.25) is 0 Å². The van der Waals surface area contributed by atoms with E-state index in [9.17, 15) is 21.6 Å². The maximum absolute atomic E-state index is 12.9. The summed E-state index contributed by atoms with van der Waals surface area (Å²) in [5.41, 5.74) is -0.896. The Bertz CT molecular complexity index is 803. The average Bonchev–Trinajstić information content (AvgIpc) is 2.55. The predicted octanol–water partition coefficient (Wildman–Crippen LogP) is 4.64. The Morgan fingerprint density at radius 3 is 2.21 bits per heavy atom.